The Kier molecular flexibility index (Phi) is 5.80. The maximum Gasteiger partial charge on any atom is 0.0577 e. The molecule has 0 aromatic rings. The van der Waals surface area contributed by atoms with Crippen LogP contribution in [0.4, 0.5) is 0 Å². The van der Waals surface area contributed by atoms with E-state index in [9.17, 15) is 5.11 Å². The fourth-order valence-electron chi connectivity index (χ4n) is 8.67. The monoisotopic (exact) mass is 387 g/mol. The van der Waals surface area contributed by atoms with E-state index >= 15 is 0 Å². The van der Waals surface area contributed by atoms with Crippen LogP contribution in [0.1, 0.15) is 105 Å². The lowest BCUT2D eigenvalue weighted by Gasteiger charge is -2.58. The average molecular weight is 388 g/mol. The zero-order chi connectivity index (χ0) is 20.1. The van der Waals surface area contributed by atoms with Gasteiger partial charge in [-0.25, -0.2) is 0 Å². The van der Waals surface area contributed by atoms with Crippen LogP contribution in [0.5, 0.6) is 0 Å². The van der Waals surface area contributed by atoms with Gasteiger partial charge in [0, 0.05) is 0 Å². The normalized spacial score (nSPS) is 47.5. The average Bonchev–Trinajstić information content (AvgIpc) is 2.99. The van der Waals surface area contributed by atoms with Crippen molar-refractivity contribution in [2.75, 3.05) is 0 Å². The van der Waals surface area contributed by atoms with Gasteiger partial charge in [0.25, 0.3) is 0 Å². The first kappa shape index (κ1) is 21.0. The number of hydrogen-bond acceptors (Lipinski definition) is 1. The lowest BCUT2D eigenvalue weighted by Crippen LogP contribution is -2.50. The maximum atomic E-state index is 10.2. The SMILES string of the molecule is C[C@H](CCC[C@@H](C)[13CH3])[C@H]1CC[C@H]2[C@@H]3CC=C4C[C@@H](O)CC[C@]4(C)[C@H]3CC[C@]12C. The van der Waals surface area contributed by atoms with E-state index in [0.717, 1.165) is 48.3 Å². The molecule has 1 heteroatoms. The van der Waals surface area contributed by atoms with Crippen molar-refractivity contribution in [3.05, 3.63) is 11.6 Å². The summed E-state index contributed by atoms with van der Waals surface area (Å²) >= 11 is 0. The molecule has 0 aromatic heterocycles. The van der Waals surface area contributed by atoms with Crippen molar-refractivity contribution in [3.8, 4) is 0 Å². The van der Waals surface area contributed by atoms with Gasteiger partial charge in [-0.15, -0.1) is 0 Å². The van der Waals surface area contributed by atoms with Crippen LogP contribution in [-0.4, -0.2) is 11.2 Å². The molecule has 28 heavy (non-hydrogen) atoms. The van der Waals surface area contributed by atoms with Gasteiger partial charge < -0.3 is 5.11 Å². The van der Waals surface area contributed by atoms with Gasteiger partial charge in [0.1, 0.15) is 0 Å². The van der Waals surface area contributed by atoms with Gasteiger partial charge in [-0.2, -0.15) is 0 Å². The van der Waals surface area contributed by atoms with Gasteiger partial charge >= 0.3 is 0 Å². The van der Waals surface area contributed by atoms with E-state index in [1.165, 1.54) is 57.8 Å². The third-order valence-electron chi connectivity index (χ3n) is 10.3. The van der Waals surface area contributed by atoms with Crippen molar-refractivity contribution < 1.29 is 5.11 Å². The molecule has 160 valence electrons. The van der Waals surface area contributed by atoms with E-state index in [4.69, 9.17) is 0 Å². The molecule has 0 saturated heterocycles. The minimum atomic E-state index is -0.0766. The fourth-order valence-corrected chi connectivity index (χ4v) is 8.67. The summed E-state index contributed by atoms with van der Waals surface area (Å²) in [5, 5.41) is 10.2. The van der Waals surface area contributed by atoms with Crippen molar-refractivity contribution in [2.45, 2.75) is 111 Å². The Morgan fingerprint density at radius 1 is 1.00 bits per heavy atom. The number of fused-ring (bicyclic) bond motifs is 5. The summed E-state index contributed by atoms with van der Waals surface area (Å²) < 4.78 is 0. The van der Waals surface area contributed by atoms with Gasteiger partial charge in [0.05, 0.1) is 6.10 Å². The highest BCUT2D eigenvalue weighted by Crippen LogP contribution is 2.67. The fraction of sp³-hybridized carbons (Fsp3) is 0.926. The summed E-state index contributed by atoms with van der Waals surface area (Å²) in [6.07, 6.45) is 17.2. The van der Waals surface area contributed by atoms with Gasteiger partial charge in [0.15, 0.2) is 0 Å². The first-order valence-electron chi connectivity index (χ1n) is 12.6. The van der Waals surface area contributed by atoms with E-state index in [1.807, 2.05) is 0 Å². The van der Waals surface area contributed by atoms with Crippen molar-refractivity contribution in [1.29, 1.82) is 0 Å². The second-order valence-corrected chi connectivity index (χ2v) is 12.2. The van der Waals surface area contributed by atoms with E-state index in [0.29, 0.717) is 10.8 Å². The number of hydrogen-bond donors (Lipinski definition) is 1. The van der Waals surface area contributed by atoms with E-state index in [1.54, 1.807) is 5.57 Å². The summed E-state index contributed by atoms with van der Waals surface area (Å²) in [4.78, 5) is 0. The third-order valence-corrected chi connectivity index (χ3v) is 10.3. The molecule has 0 radical (unpaired) electrons. The Morgan fingerprint density at radius 2 is 1.79 bits per heavy atom. The molecule has 0 aliphatic heterocycles. The number of aliphatic hydroxyl groups excluding tert-OH is 1. The van der Waals surface area contributed by atoms with Crippen molar-refractivity contribution in [2.24, 2.45) is 46.3 Å². The maximum absolute atomic E-state index is 10.2. The molecule has 4 aliphatic carbocycles. The van der Waals surface area contributed by atoms with Crippen LogP contribution in [-0.2, 0) is 0 Å². The van der Waals surface area contributed by atoms with Crippen molar-refractivity contribution in [1.82, 2.24) is 0 Å². The molecule has 1 N–H and O–H groups in total. The first-order valence-corrected chi connectivity index (χ1v) is 12.6. The van der Waals surface area contributed by atoms with Crippen LogP contribution < -0.4 is 0 Å². The minimum Gasteiger partial charge on any atom is -0.393 e. The molecule has 0 unspecified atom stereocenters. The Hall–Kier alpha value is -0.300. The molecule has 9 atom stereocenters. The zero-order valence-corrected chi connectivity index (χ0v) is 19.3. The standard InChI is InChI=1S/C27H46O/c1-18(2)7-6-8-19(3)23-11-12-24-22-10-9-20-17-21(28)13-15-26(20,4)25(22)14-16-27(23,24)5/h9,18-19,21-25,28H,6-8,10-17H2,1-5H3/t19-,21+,22+,23-,24+,25+,26+,27-/m1/s1/i1+1/t18-,19-,21+,22+,23-,24+,25+,26+,27-. The molecule has 1 nitrogen and oxygen atoms in total. The van der Waals surface area contributed by atoms with Crippen LogP contribution in [0.2, 0.25) is 0 Å². The Labute approximate surface area is 174 Å². The molecular weight excluding hydrogens is 341 g/mol. The third kappa shape index (κ3) is 3.42. The number of rotatable bonds is 5. The van der Waals surface area contributed by atoms with Gasteiger partial charge in [-0.05, 0) is 97.7 Å². The molecular formula is C27H46O. The van der Waals surface area contributed by atoms with Crippen molar-refractivity contribution in [3.63, 3.8) is 0 Å². The molecule has 0 bridgehead atoms. The predicted molar refractivity (Wildman–Crippen MR) is 119 cm³/mol. The zero-order valence-electron chi connectivity index (χ0n) is 19.3. The van der Waals surface area contributed by atoms with Crippen LogP contribution in [0.25, 0.3) is 0 Å². The molecule has 4 rings (SSSR count). The van der Waals surface area contributed by atoms with Crippen LogP contribution in [0, 0.1) is 46.3 Å². The van der Waals surface area contributed by atoms with Crippen LogP contribution >= 0.6 is 0 Å². The van der Waals surface area contributed by atoms with E-state index in [-0.39, 0.29) is 6.10 Å². The molecule has 0 aromatic carbocycles. The molecule has 0 spiro atoms. The topological polar surface area (TPSA) is 20.2 Å². The molecule has 3 fully saturated rings. The molecule has 0 heterocycles. The summed E-state index contributed by atoms with van der Waals surface area (Å²) in [6.45, 7) is 12.6. The van der Waals surface area contributed by atoms with Crippen LogP contribution in [0.15, 0.2) is 11.6 Å². The Balaban J connectivity index is 1.49. The Morgan fingerprint density at radius 3 is 2.54 bits per heavy atom. The minimum absolute atomic E-state index is 0.0766. The highest BCUT2D eigenvalue weighted by atomic mass is 16.3. The number of allylic oxidation sites excluding steroid dienone is 1. The number of aliphatic hydroxyl groups is 1. The van der Waals surface area contributed by atoms with Gasteiger partial charge in [-0.1, -0.05) is 65.5 Å². The molecule has 0 amide bonds. The highest BCUT2D eigenvalue weighted by Gasteiger charge is 2.59. The molecule has 4 aliphatic rings. The van der Waals surface area contributed by atoms with E-state index in [2.05, 4.69) is 40.7 Å². The predicted octanol–water partition coefficient (Wildman–Crippen LogP) is 7.39. The van der Waals surface area contributed by atoms with Crippen LogP contribution in [0.3, 0.4) is 0 Å². The second kappa shape index (κ2) is 7.75. The highest BCUT2D eigenvalue weighted by molar-refractivity contribution is 5.25. The Bertz CT molecular complexity index is 591. The summed E-state index contributed by atoms with van der Waals surface area (Å²) in [5.74, 6) is 5.46. The summed E-state index contributed by atoms with van der Waals surface area (Å²) in [6, 6.07) is 0. The largest absolute Gasteiger partial charge is 0.393 e. The van der Waals surface area contributed by atoms with Gasteiger partial charge in [0.2, 0.25) is 0 Å². The first-order chi connectivity index (χ1) is 13.3. The van der Waals surface area contributed by atoms with Crippen molar-refractivity contribution >= 4 is 0 Å². The van der Waals surface area contributed by atoms with E-state index < -0.39 is 0 Å². The second-order valence-electron chi connectivity index (χ2n) is 12.2. The summed E-state index contributed by atoms with van der Waals surface area (Å²) in [7, 11) is 0. The quantitative estimate of drug-likeness (QED) is 0.385. The smallest absolute Gasteiger partial charge is 0.0577 e. The lowest BCUT2D eigenvalue weighted by molar-refractivity contribution is -0.0573. The summed E-state index contributed by atoms with van der Waals surface area (Å²) in [5.41, 5.74) is 2.60. The lowest BCUT2D eigenvalue weighted by atomic mass is 9.47. The molecule has 3 saturated carbocycles. The van der Waals surface area contributed by atoms with Gasteiger partial charge in [-0.3, -0.25) is 0 Å².